The Hall–Kier alpha value is -2.71. The van der Waals surface area contributed by atoms with Crippen LogP contribution in [0.25, 0.3) is 10.2 Å². The molecule has 0 atom stereocenters. The van der Waals surface area contributed by atoms with Crippen LogP contribution in [-0.4, -0.2) is 10.5 Å². The fourth-order valence-electron chi connectivity index (χ4n) is 2.44. The summed E-state index contributed by atoms with van der Waals surface area (Å²) < 4.78 is 16.4. The lowest BCUT2D eigenvalue weighted by atomic mass is 10.1. The molecule has 0 N–H and O–H groups in total. The number of benzene rings is 2. The van der Waals surface area contributed by atoms with Gasteiger partial charge in [-0.1, -0.05) is 29.4 Å². The van der Waals surface area contributed by atoms with E-state index in [1.165, 1.54) is 17.4 Å². The quantitative estimate of drug-likeness (QED) is 0.654. The van der Waals surface area contributed by atoms with Gasteiger partial charge in [-0.05, 0) is 49.2 Å². The molecule has 24 heavy (non-hydrogen) atoms. The van der Waals surface area contributed by atoms with Gasteiger partial charge in [0.05, 0.1) is 16.8 Å². The second-order valence-corrected chi connectivity index (χ2v) is 6.49. The van der Waals surface area contributed by atoms with Crippen LogP contribution in [0.5, 0.6) is 0 Å². The molecule has 0 radical (unpaired) electrons. The minimum atomic E-state index is -0.376. The summed E-state index contributed by atoms with van der Waals surface area (Å²) in [5.74, 6) is 1.75. The van der Waals surface area contributed by atoms with Gasteiger partial charge >= 0.3 is 0 Å². The molecule has 3 aromatic rings. The van der Waals surface area contributed by atoms with Crippen LogP contribution >= 0.6 is 11.3 Å². The molecule has 1 aromatic heterocycles. The summed E-state index contributed by atoms with van der Waals surface area (Å²) in [5.41, 5.74) is 3.02. The fourth-order valence-corrected chi connectivity index (χ4v) is 3.48. The monoisotopic (exact) mass is 338 g/mol. The number of thiazole rings is 1. The van der Waals surface area contributed by atoms with E-state index < -0.39 is 0 Å². The molecule has 0 aliphatic rings. The van der Waals surface area contributed by atoms with Crippen molar-refractivity contribution in [2.75, 3.05) is 0 Å². The first-order chi connectivity index (χ1) is 11.5. The first-order valence-corrected chi connectivity index (χ1v) is 8.20. The molecule has 0 saturated carbocycles. The maximum Gasteiger partial charge on any atom is 0.279 e. The summed E-state index contributed by atoms with van der Waals surface area (Å²) in [6.45, 7) is 4.08. The van der Waals surface area contributed by atoms with Crippen LogP contribution in [0.15, 0.2) is 41.4 Å². The Morgan fingerprint density at radius 1 is 1.29 bits per heavy atom. The molecule has 1 amide bonds. The number of fused-ring (bicyclic) bond motifs is 1. The van der Waals surface area contributed by atoms with Crippen LogP contribution in [0, 0.1) is 32.0 Å². The largest absolute Gasteiger partial charge is 0.302 e. The van der Waals surface area contributed by atoms with Gasteiger partial charge in [-0.25, -0.2) is 4.39 Å². The van der Waals surface area contributed by atoms with E-state index >= 15 is 0 Å². The third-order valence-corrected chi connectivity index (χ3v) is 4.90. The highest BCUT2D eigenvalue weighted by molar-refractivity contribution is 7.16. The molecule has 0 spiro atoms. The topological polar surface area (TPSA) is 34.4 Å². The number of carbonyl (C=O) groups excluding carboxylic acids is 1. The molecule has 0 saturated heterocycles. The maximum absolute atomic E-state index is 14.1. The Kier molecular flexibility index (Phi) is 4.32. The highest BCUT2D eigenvalue weighted by atomic mass is 32.1. The van der Waals surface area contributed by atoms with E-state index in [1.54, 1.807) is 28.8 Å². The zero-order valence-electron chi connectivity index (χ0n) is 13.3. The Balaban J connectivity index is 2.17. The number of rotatable bonds is 2. The fraction of sp³-hybridized carbons (Fsp3) is 0.158. The minimum Gasteiger partial charge on any atom is -0.302 e. The second kappa shape index (κ2) is 6.42. The van der Waals surface area contributed by atoms with Crippen molar-refractivity contribution < 1.29 is 9.18 Å². The van der Waals surface area contributed by atoms with Crippen LogP contribution in [-0.2, 0) is 6.54 Å². The van der Waals surface area contributed by atoms with E-state index in [0.29, 0.717) is 20.6 Å². The predicted molar refractivity (Wildman–Crippen MR) is 94.4 cm³/mol. The number of halogens is 1. The maximum atomic E-state index is 14.1. The number of aromatic nitrogens is 1. The molecule has 0 aliphatic carbocycles. The number of carbonyl (C=O) groups is 1. The third kappa shape index (κ3) is 2.89. The Bertz CT molecular complexity index is 1050. The van der Waals surface area contributed by atoms with Gasteiger partial charge in [-0.3, -0.25) is 4.79 Å². The van der Waals surface area contributed by atoms with Gasteiger partial charge in [0.25, 0.3) is 5.91 Å². The molecule has 3 nitrogen and oxygen atoms in total. The SMILES string of the molecule is C#CCn1c(=NC(=O)c2ccc(C)c(C)c2)sc2cccc(F)c21. The second-order valence-electron chi connectivity index (χ2n) is 5.48. The smallest absolute Gasteiger partial charge is 0.279 e. The Morgan fingerprint density at radius 2 is 2.08 bits per heavy atom. The van der Waals surface area contributed by atoms with E-state index in [0.717, 1.165) is 11.1 Å². The molecule has 0 aliphatic heterocycles. The molecule has 120 valence electrons. The first kappa shape index (κ1) is 16.2. The van der Waals surface area contributed by atoms with Crippen molar-refractivity contribution in [3.63, 3.8) is 0 Å². The average molecular weight is 338 g/mol. The van der Waals surface area contributed by atoms with Crippen molar-refractivity contribution in [3.05, 3.63) is 63.7 Å². The van der Waals surface area contributed by atoms with Gasteiger partial charge < -0.3 is 4.57 Å². The van der Waals surface area contributed by atoms with Crippen LogP contribution in [0.3, 0.4) is 0 Å². The molecular weight excluding hydrogens is 323 g/mol. The molecule has 1 heterocycles. The predicted octanol–water partition coefficient (Wildman–Crippen LogP) is 3.83. The van der Waals surface area contributed by atoms with Gasteiger partial charge in [0.2, 0.25) is 0 Å². The van der Waals surface area contributed by atoms with Gasteiger partial charge in [0.15, 0.2) is 4.80 Å². The number of hydrogen-bond acceptors (Lipinski definition) is 2. The van der Waals surface area contributed by atoms with Gasteiger partial charge in [0.1, 0.15) is 5.82 Å². The van der Waals surface area contributed by atoms with E-state index in [9.17, 15) is 9.18 Å². The molecule has 0 bridgehead atoms. The Morgan fingerprint density at radius 3 is 2.79 bits per heavy atom. The van der Waals surface area contributed by atoms with Crippen LogP contribution in [0.1, 0.15) is 21.5 Å². The van der Waals surface area contributed by atoms with Crippen molar-refractivity contribution in [2.45, 2.75) is 20.4 Å². The van der Waals surface area contributed by atoms with Gasteiger partial charge in [0, 0.05) is 5.56 Å². The lowest BCUT2D eigenvalue weighted by molar-refractivity contribution is 0.0998. The number of terminal acetylenes is 1. The third-order valence-electron chi connectivity index (χ3n) is 3.85. The summed E-state index contributed by atoms with van der Waals surface area (Å²) in [6.07, 6.45) is 5.39. The van der Waals surface area contributed by atoms with Crippen molar-refractivity contribution in [1.29, 1.82) is 0 Å². The minimum absolute atomic E-state index is 0.153. The normalized spacial score (nSPS) is 11.7. The molecule has 2 aromatic carbocycles. The summed E-state index contributed by atoms with van der Waals surface area (Å²) >= 11 is 1.25. The number of aryl methyl sites for hydroxylation is 2. The number of para-hydroxylation sites is 1. The lowest BCUT2D eigenvalue weighted by Crippen LogP contribution is -2.17. The summed E-state index contributed by atoms with van der Waals surface area (Å²) in [4.78, 5) is 17.1. The Labute approximate surface area is 143 Å². The van der Waals surface area contributed by atoms with E-state index in [1.807, 2.05) is 19.9 Å². The summed E-state index contributed by atoms with van der Waals surface area (Å²) in [7, 11) is 0. The van der Waals surface area contributed by atoms with Gasteiger partial charge in [-0.2, -0.15) is 4.99 Å². The van der Waals surface area contributed by atoms with E-state index in [4.69, 9.17) is 6.42 Å². The van der Waals surface area contributed by atoms with Crippen molar-refractivity contribution >= 4 is 27.5 Å². The van der Waals surface area contributed by atoms with Crippen LogP contribution in [0.2, 0.25) is 0 Å². The number of nitrogens with zero attached hydrogens (tertiary/aromatic N) is 2. The van der Waals surface area contributed by atoms with Crippen LogP contribution in [0.4, 0.5) is 4.39 Å². The first-order valence-electron chi connectivity index (χ1n) is 7.39. The van der Waals surface area contributed by atoms with E-state index in [2.05, 4.69) is 10.9 Å². The van der Waals surface area contributed by atoms with E-state index in [-0.39, 0.29) is 18.3 Å². The highest BCUT2D eigenvalue weighted by Crippen LogP contribution is 2.20. The van der Waals surface area contributed by atoms with Gasteiger partial charge in [-0.15, -0.1) is 6.42 Å². The van der Waals surface area contributed by atoms with Crippen molar-refractivity contribution in [1.82, 2.24) is 4.57 Å². The zero-order chi connectivity index (χ0) is 17.3. The molecule has 0 fully saturated rings. The summed E-state index contributed by atoms with van der Waals surface area (Å²) in [5, 5.41) is 0. The highest BCUT2D eigenvalue weighted by Gasteiger charge is 2.12. The molecule has 3 rings (SSSR count). The molecule has 0 unspecified atom stereocenters. The summed E-state index contributed by atoms with van der Waals surface area (Å²) in [6, 6.07) is 10.2. The molecular formula is C19H15FN2OS. The van der Waals surface area contributed by atoms with Crippen molar-refractivity contribution in [2.24, 2.45) is 4.99 Å². The van der Waals surface area contributed by atoms with Crippen molar-refractivity contribution in [3.8, 4) is 12.3 Å². The molecule has 5 heteroatoms. The average Bonchev–Trinajstić information content (AvgIpc) is 2.89. The standard InChI is InChI=1S/C19H15FN2OS/c1-4-10-22-17-15(20)6-5-7-16(17)24-19(22)21-18(23)14-9-8-12(2)13(3)11-14/h1,5-9,11H,10H2,2-3H3. The van der Waals surface area contributed by atoms with Crippen LogP contribution < -0.4 is 4.80 Å². The zero-order valence-corrected chi connectivity index (χ0v) is 14.2. The number of amides is 1. The number of hydrogen-bond donors (Lipinski definition) is 0. The lowest BCUT2D eigenvalue weighted by Gasteiger charge is -2.02.